The standard InChI is InChI=1S/C18H19Cl2NO2/c1-4-11(2)12-5-7-14(8-6-12)21-18(22)15-9-13(19)10-16(20)17(15)23-3/h5-11H,4H2,1-3H3,(H,21,22). The van der Waals surface area contributed by atoms with Crippen LogP contribution in [0.5, 0.6) is 5.75 Å². The number of ether oxygens (including phenoxy) is 1. The molecular weight excluding hydrogens is 333 g/mol. The van der Waals surface area contributed by atoms with Crippen LogP contribution in [0.2, 0.25) is 10.0 Å². The van der Waals surface area contributed by atoms with Crippen molar-refractivity contribution < 1.29 is 9.53 Å². The minimum Gasteiger partial charge on any atom is -0.494 e. The van der Waals surface area contributed by atoms with Crippen LogP contribution in [-0.2, 0) is 0 Å². The van der Waals surface area contributed by atoms with E-state index in [0.29, 0.717) is 33.0 Å². The second kappa shape index (κ2) is 7.71. The third-order valence-electron chi connectivity index (χ3n) is 3.81. The van der Waals surface area contributed by atoms with Crippen molar-refractivity contribution in [3.05, 3.63) is 57.6 Å². The molecule has 0 radical (unpaired) electrons. The van der Waals surface area contributed by atoms with E-state index in [1.807, 2.05) is 24.3 Å². The molecular formula is C18H19Cl2NO2. The molecule has 0 aromatic heterocycles. The van der Waals surface area contributed by atoms with Crippen molar-refractivity contribution in [2.24, 2.45) is 0 Å². The summed E-state index contributed by atoms with van der Waals surface area (Å²) in [6, 6.07) is 10.9. The summed E-state index contributed by atoms with van der Waals surface area (Å²) in [5, 5.41) is 3.52. The zero-order chi connectivity index (χ0) is 17.0. The predicted octanol–water partition coefficient (Wildman–Crippen LogP) is 5.77. The molecule has 0 saturated heterocycles. The van der Waals surface area contributed by atoms with Gasteiger partial charge in [0.25, 0.3) is 5.91 Å². The minimum atomic E-state index is -0.317. The van der Waals surface area contributed by atoms with Gasteiger partial charge in [-0.15, -0.1) is 0 Å². The molecule has 2 aromatic carbocycles. The Kier molecular flexibility index (Phi) is 5.91. The first-order chi connectivity index (χ1) is 11.0. The van der Waals surface area contributed by atoms with Crippen LogP contribution in [0.3, 0.4) is 0 Å². The normalized spacial score (nSPS) is 11.9. The number of carbonyl (C=O) groups excluding carboxylic acids is 1. The summed E-state index contributed by atoms with van der Waals surface area (Å²) in [5.41, 5.74) is 2.25. The number of amides is 1. The minimum absolute atomic E-state index is 0.302. The summed E-state index contributed by atoms with van der Waals surface area (Å²) in [4.78, 5) is 12.5. The Balaban J connectivity index is 2.22. The van der Waals surface area contributed by atoms with Crippen molar-refractivity contribution in [2.75, 3.05) is 12.4 Å². The molecule has 0 heterocycles. The molecule has 0 spiro atoms. The predicted molar refractivity (Wildman–Crippen MR) is 96.1 cm³/mol. The highest BCUT2D eigenvalue weighted by molar-refractivity contribution is 6.36. The molecule has 23 heavy (non-hydrogen) atoms. The van der Waals surface area contributed by atoms with Gasteiger partial charge in [-0.25, -0.2) is 0 Å². The summed E-state index contributed by atoms with van der Waals surface area (Å²) >= 11 is 12.0. The molecule has 0 aliphatic carbocycles. The van der Waals surface area contributed by atoms with Crippen LogP contribution >= 0.6 is 23.2 Å². The molecule has 122 valence electrons. The zero-order valence-corrected chi connectivity index (χ0v) is 14.8. The van der Waals surface area contributed by atoms with E-state index < -0.39 is 0 Å². The number of carbonyl (C=O) groups is 1. The van der Waals surface area contributed by atoms with Crippen LogP contribution in [-0.4, -0.2) is 13.0 Å². The Morgan fingerprint density at radius 1 is 1.22 bits per heavy atom. The molecule has 0 fully saturated rings. The van der Waals surface area contributed by atoms with Gasteiger partial charge in [0, 0.05) is 10.7 Å². The van der Waals surface area contributed by atoms with Gasteiger partial charge in [0.15, 0.2) is 0 Å². The average Bonchev–Trinajstić information content (AvgIpc) is 2.54. The molecule has 0 saturated carbocycles. The van der Waals surface area contributed by atoms with Gasteiger partial charge in [-0.1, -0.05) is 49.2 Å². The second-order valence-electron chi connectivity index (χ2n) is 5.35. The molecule has 0 bridgehead atoms. The summed E-state index contributed by atoms with van der Waals surface area (Å²) in [7, 11) is 1.47. The van der Waals surface area contributed by atoms with Crippen LogP contribution in [0.15, 0.2) is 36.4 Å². The number of anilines is 1. The molecule has 2 aromatic rings. The number of benzene rings is 2. The van der Waals surface area contributed by atoms with Crippen LogP contribution in [0.1, 0.15) is 42.1 Å². The van der Waals surface area contributed by atoms with Crippen LogP contribution in [0.4, 0.5) is 5.69 Å². The second-order valence-corrected chi connectivity index (χ2v) is 6.20. The van der Waals surface area contributed by atoms with Crippen LogP contribution in [0.25, 0.3) is 0 Å². The average molecular weight is 352 g/mol. The SMILES string of the molecule is CCC(C)c1ccc(NC(=O)c2cc(Cl)cc(Cl)c2OC)cc1. The van der Waals surface area contributed by atoms with Crippen LogP contribution in [0, 0.1) is 0 Å². The molecule has 1 amide bonds. The third kappa shape index (κ3) is 4.18. The van der Waals surface area contributed by atoms with E-state index >= 15 is 0 Å². The van der Waals surface area contributed by atoms with E-state index in [0.717, 1.165) is 6.42 Å². The van der Waals surface area contributed by atoms with E-state index in [-0.39, 0.29) is 5.91 Å². The van der Waals surface area contributed by atoms with Crippen molar-refractivity contribution in [1.29, 1.82) is 0 Å². The Bertz CT molecular complexity index is 699. The van der Waals surface area contributed by atoms with Gasteiger partial charge < -0.3 is 10.1 Å². The largest absolute Gasteiger partial charge is 0.494 e. The van der Waals surface area contributed by atoms with E-state index in [2.05, 4.69) is 19.2 Å². The summed E-state index contributed by atoms with van der Waals surface area (Å²) in [6.07, 6.45) is 1.07. The molecule has 2 rings (SSSR count). The molecule has 5 heteroatoms. The Morgan fingerprint density at radius 3 is 2.43 bits per heavy atom. The van der Waals surface area contributed by atoms with E-state index in [4.69, 9.17) is 27.9 Å². The van der Waals surface area contributed by atoms with Gasteiger partial charge >= 0.3 is 0 Å². The maximum absolute atomic E-state index is 12.5. The number of hydrogen-bond acceptors (Lipinski definition) is 2. The highest BCUT2D eigenvalue weighted by Gasteiger charge is 2.17. The topological polar surface area (TPSA) is 38.3 Å². The van der Waals surface area contributed by atoms with Gasteiger partial charge in [0.05, 0.1) is 17.7 Å². The number of methoxy groups -OCH3 is 1. The first-order valence-corrected chi connectivity index (χ1v) is 8.16. The van der Waals surface area contributed by atoms with Crippen molar-refractivity contribution in [1.82, 2.24) is 0 Å². The zero-order valence-electron chi connectivity index (χ0n) is 13.3. The summed E-state index contributed by atoms with van der Waals surface area (Å²) < 4.78 is 5.20. The van der Waals surface area contributed by atoms with E-state index in [1.165, 1.54) is 18.7 Å². The Morgan fingerprint density at radius 2 is 1.87 bits per heavy atom. The lowest BCUT2D eigenvalue weighted by molar-refractivity contribution is 0.102. The summed E-state index contributed by atoms with van der Waals surface area (Å²) in [5.74, 6) is 0.485. The smallest absolute Gasteiger partial charge is 0.259 e. The number of nitrogens with one attached hydrogen (secondary N) is 1. The van der Waals surface area contributed by atoms with Crippen molar-refractivity contribution in [2.45, 2.75) is 26.2 Å². The molecule has 3 nitrogen and oxygen atoms in total. The first-order valence-electron chi connectivity index (χ1n) is 7.40. The number of halogens is 2. The highest BCUT2D eigenvalue weighted by atomic mass is 35.5. The molecule has 1 atom stereocenters. The fourth-order valence-corrected chi connectivity index (χ4v) is 2.84. The van der Waals surface area contributed by atoms with Gasteiger partial charge in [0.2, 0.25) is 0 Å². The molecule has 1 unspecified atom stereocenters. The number of rotatable bonds is 5. The Labute approximate surface area is 146 Å². The lowest BCUT2D eigenvalue weighted by Crippen LogP contribution is -2.13. The lowest BCUT2D eigenvalue weighted by atomic mass is 9.98. The van der Waals surface area contributed by atoms with Crippen LogP contribution < -0.4 is 10.1 Å². The van der Waals surface area contributed by atoms with Gasteiger partial charge in [-0.3, -0.25) is 4.79 Å². The van der Waals surface area contributed by atoms with Crippen molar-refractivity contribution in [3.8, 4) is 5.75 Å². The van der Waals surface area contributed by atoms with Gasteiger partial charge in [-0.2, -0.15) is 0 Å². The molecule has 0 aliphatic rings. The molecule has 1 N–H and O–H groups in total. The monoisotopic (exact) mass is 351 g/mol. The fourth-order valence-electron chi connectivity index (χ4n) is 2.27. The maximum Gasteiger partial charge on any atom is 0.259 e. The van der Waals surface area contributed by atoms with E-state index in [1.54, 1.807) is 6.07 Å². The quantitative estimate of drug-likeness (QED) is 0.742. The van der Waals surface area contributed by atoms with E-state index in [9.17, 15) is 4.79 Å². The van der Waals surface area contributed by atoms with Gasteiger partial charge in [-0.05, 0) is 42.2 Å². The summed E-state index contributed by atoms with van der Waals surface area (Å²) in [6.45, 7) is 4.32. The Hall–Kier alpha value is -1.71. The fraction of sp³-hybridized carbons (Fsp3) is 0.278. The van der Waals surface area contributed by atoms with Crippen molar-refractivity contribution in [3.63, 3.8) is 0 Å². The first kappa shape index (κ1) is 17.6. The van der Waals surface area contributed by atoms with Gasteiger partial charge in [0.1, 0.15) is 5.75 Å². The lowest BCUT2D eigenvalue weighted by Gasteiger charge is -2.13. The number of hydrogen-bond donors (Lipinski definition) is 1. The third-order valence-corrected chi connectivity index (χ3v) is 4.31. The molecule has 0 aliphatic heterocycles. The maximum atomic E-state index is 12.5. The van der Waals surface area contributed by atoms with Crippen molar-refractivity contribution >= 4 is 34.8 Å². The highest BCUT2D eigenvalue weighted by Crippen LogP contribution is 2.32.